The Labute approximate surface area is 149 Å². The molecule has 0 bridgehead atoms. The van der Waals surface area contributed by atoms with Crippen molar-refractivity contribution < 1.29 is 0 Å². The molecule has 4 aromatic rings. The van der Waals surface area contributed by atoms with E-state index in [-0.39, 0.29) is 0 Å². The molecule has 0 fully saturated rings. The first-order chi connectivity index (χ1) is 12.3. The van der Waals surface area contributed by atoms with Gasteiger partial charge in [0.2, 0.25) is 0 Å². The van der Waals surface area contributed by atoms with Crippen molar-refractivity contribution >= 4 is 11.6 Å². The minimum absolute atomic E-state index is 0.791. The molecule has 0 unspecified atom stereocenters. The Bertz CT molecular complexity index is 1500. The normalized spacial score (nSPS) is 17.2. The lowest BCUT2D eigenvalue weighted by Gasteiger charge is -2.03. The lowest BCUT2D eigenvalue weighted by Crippen LogP contribution is -1.89. The molecule has 0 radical (unpaired) electrons. The molecule has 1 aliphatic carbocycles. The van der Waals surface area contributed by atoms with Gasteiger partial charge in [-0.25, -0.2) is 0 Å². The first-order valence-corrected chi connectivity index (χ1v) is 8.79. The molecule has 0 aromatic heterocycles. The van der Waals surface area contributed by atoms with Gasteiger partial charge in [-0.15, -0.1) is 0 Å². The van der Waals surface area contributed by atoms with Crippen LogP contribution in [0.5, 0.6) is 0 Å². The second-order valence-corrected chi connectivity index (χ2v) is 6.71. The van der Waals surface area contributed by atoms with Gasteiger partial charge in [0, 0.05) is 10.2 Å². The van der Waals surface area contributed by atoms with Crippen molar-refractivity contribution in [2.45, 2.75) is 0 Å². The number of benzene rings is 4. The summed E-state index contributed by atoms with van der Waals surface area (Å²) >= 11 is 6.69. The maximum absolute atomic E-state index is 6.69. The maximum atomic E-state index is 6.69. The van der Waals surface area contributed by atoms with Gasteiger partial charge in [0.1, 0.15) is 0 Å². The van der Waals surface area contributed by atoms with Gasteiger partial charge in [0.25, 0.3) is 0 Å². The molecule has 0 saturated heterocycles. The van der Waals surface area contributed by atoms with Gasteiger partial charge in [0.15, 0.2) is 0 Å². The Morgan fingerprint density at radius 3 is 1.24 bits per heavy atom. The average Bonchev–Trinajstić information content (AvgIpc) is 2.67. The van der Waals surface area contributed by atoms with Crippen LogP contribution < -0.4 is 0 Å². The van der Waals surface area contributed by atoms with Crippen molar-refractivity contribution in [1.29, 1.82) is 0 Å². The molecule has 1 heteroatoms. The van der Waals surface area contributed by atoms with Gasteiger partial charge in [0.05, 0.1) is 0 Å². The summed E-state index contributed by atoms with van der Waals surface area (Å²) in [5.41, 5.74) is 0. The molecule has 0 saturated carbocycles. The van der Waals surface area contributed by atoms with Gasteiger partial charge in [-0.2, -0.15) is 0 Å². The van der Waals surface area contributed by atoms with Crippen molar-refractivity contribution in [3.8, 4) is 0 Å². The standard InChI is InChI=1S/C24H15Cl/c25-23-15-7-14-22-20-11-4-3-10-18(20)16-8-1-2-9-17(16)19-12-5-6-13-21(19)24(22)23/h1-15H/b18-16-,19-17-,22-20-,24-21+. The minimum atomic E-state index is 0.791. The van der Waals surface area contributed by atoms with E-state index < -0.39 is 0 Å². The summed E-state index contributed by atoms with van der Waals surface area (Å²) in [6.45, 7) is 0. The van der Waals surface area contributed by atoms with Crippen LogP contribution in [0.4, 0.5) is 0 Å². The molecule has 118 valence electrons. The fraction of sp³-hybridized carbons (Fsp3) is 0. The predicted molar refractivity (Wildman–Crippen MR) is 101 cm³/mol. The molecule has 0 atom stereocenters. The van der Waals surface area contributed by atoms with E-state index in [4.69, 9.17) is 11.6 Å². The summed E-state index contributed by atoms with van der Waals surface area (Å²) in [6, 6.07) is 31.9. The highest BCUT2D eigenvalue weighted by molar-refractivity contribution is 6.30. The highest BCUT2D eigenvalue weighted by Crippen LogP contribution is 2.17. The van der Waals surface area contributed by atoms with E-state index in [0.29, 0.717) is 0 Å². The lowest BCUT2D eigenvalue weighted by molar-refractivity contribution is 1.29. The zero-order valence-electron chi connectivity index (χ0n) is 13.5. The second-order valence-electron chi connectivity index (χ2n) is 6.30. The van der Waals surface area contributed by atoms with Crippen LogP contribution in [0.25, 0.3) is 0 Å². The fourth-order valence-corrected chi connectivity index (χ4v) is 4.14. The monoisotopic (exact) mass is 338 g/mol. The summed E-state index contributed by atoms with van der Waals surface area (Å²) in [6.07, 6.45) is 0. The van der Waals surface area contributed by atoms with E-state index in [0.717, 1.165) is 10.2 Å². The average molecular weight is 339 g/mol. The highest BCUT2D eigenvalue weighted by atomic mass is 35.5. The Morgan fingerprint density at radius 2 is 0.720 bits per heavy atom. The van der Waals surface area contributed by atoms with E-state index >= 15 is 0 Å². The van der Waals surface area contributed by atoms with Crippen LogP contribution >= 0.6 is 11.6 Å². The quantitative estimate of drug-likeness (QED) is 0.334. The number of fused-ring (bicyclic) bond motifs is 4. The third-order valence-corrected chi connectivity index (χ3v) is 5.25. The molecular weight excluding hydrogens is 324 g/mol. The van der Waals surface area contributed by atoms with E-state index in [2.05, 4.69) is 78.9 Å². The molecule has 0 aliphatic heterocycles. The first-order valence-electron chi connectivity index (χ1n) is 8.42. The minimum Gasteiger partial charge on any atom is -0.0836 e. The number of rotatable bonds is 0. The van der Waals surface area contributed by atoms with E-state index in [9.17, 15) is 0 Å². The van der Waals surface area contributed by atoms with Crippen LogP contribution in [0.3, 0.4) is 0 Å². The number of halogens is 1. The summed E-state index contributed by atoms with van der Waals surface area (Å²) in [7, 11) is 0. The van der Waals surface area contributed by atoms with Crippen LogP contribution in [0.2, 0.25) is 5.02 Å². The molecule has 4 aromatic carbocycles. The van der Waals surface area contributed by atoms with Crippen LogP contribution in [0.1, 0.15) is 0 Å². The lowest BCUT2D eigenvalue weighted by atomic mass is 10.0. The maximum Gasteiger partial charge on any atom is 0.0490 e. The van der Waals surface area contributed by atoms with Crippen molar-refractivity contribution in [3.63, 3.8) is 0 Å². The predicted octanol–water partition coefficient (Wildman–Crippen LogP) is 5.80. The Morgan fingerprint density at radius 1 is 0.360 bits per heavy atom. The third-order valence-electron chi connectivity index (χ3n) is 4.93. The van der Waals surface area contributed by atoms with Gasteiger partial charge < -0.3 is 0 Å². The molecule has 25 heavy (non-hydrogen) atoms. The van der Waals surface area contributed by atoms with Crippen molar-refractivity contribution in [2.24, 2.45) is 0 Å². The summed E-state index contributed by atoms with van der Waals surface area (Å²) in [5, 5.41) is 10.5. The number of hydrogen-bond acceptors (Lipinski definition) is 0. The second kappa shape index (κ2) is 5.61. The molecule has 0 nitrogen and oxygen atoms in total. The van der Waals surface area contributed by atoms with Gasteiger partial charge in [-0.1, -0.05) is 96.5 Å². The van der Waals surface area contributed by atoms with E-state index in [1.165, 1.54) is 36.5 Å². The molecule has 1 aliphatic rings. The fourth-order valence-electron chi connectivity index (χ4n) is 3.86. The van der Waals surface area contributed by atoms with Crippen molar-refractivity contribution in [3.05, 3.63) is 138 Å². The molecule has 0 amide bonds. The smallest absolute Gasteiger partial charge is 0.0490 e. The summed E-state index contributed by atoms with van der Waals surface area (Å²) in [4.78, 5) is 0. The molecular formula is C24H15Cl. The van der Waals surface area contributed by atoms with E-state index in [1.807, 2.05) is 12.1 Å². The number of hydrogen-bond donors (Lipinski definition) is 0. The molecule has 0 heterocycles. The molecule has 0 spiro atoms. The van der Waals surface area contributed by atoms with Crippen LogP contribution in [-0.2, 0) is 0 Å². The van der Waals surface area contributed by atoms with Gasteiger partial charge in [-0.3, -0.25) is 0 Å². The zero-order chi connectivity index (χ0) is 16.8. The van der Waals surface area contributed by atoms with Gasteiger partial charge in [-0.05, 0) is 42.6 Å². The molecule has 5 rings (SSSR count). The highest BCUT2D eigenvalue weighted by Gasteiger charge is 2.02. The summed E-state index contributed by atoms with van der Waals surface area (Å²) < 4.78 is 0. The van der Waals surface area contributed by atoms with Crippen molar-refractivity contribution in [1.82, 2.24) is 0 Å². The summed E-state index contributed by atoms with van der Waals surface area (Å²) in [5.74, 6) is 0. The van der Waals surface area contributed by atoms with Crippen LogP contribution in [0, 0.1) is 41.7 Å². The van der Waals surface area contributed by atoms with Crippen LogP contribution in [0.15, 0.2) is 91.0 Å². The van der Waals surface area contributed by atoms with Gasteiger partial charge >= 0.3 is 0 Å². The Balaban J connectivity index is 2.49. The largest absolute Gasteiger partial charge is 0.0836 e. The molecule has 0 N–H and O–H groups in total. The Kier molecular flexibility index (Phi) is 3.26. The SMILES string of the molecule is Clc1cccc2/c1=c1/cccc/c1=c1\cccc\c1=c1/cccc/c1=2. The van der Waals surface area contributed by atoms with Crippen molar-refractivity contribution in [2.75, 3.05) is 0 Å². The van der Waals surface area contributed by atoms with Crippen LogP contribution in [-0.4, -0.2) is 0 Å². The first kappa shape index (κ1) is 14.5. The van der Waals surface area contributed by atoms with E-state index in [1.54, 1.807) is 0 Å². The Hall–Kier alpha value is -2.83. The third kappa shape index (κ3) is 2.15. The zero-order valence-corrected chi connectivity index (χ0v) is 14.3. The topological polar surface area (TPSA) is 0 Å².